The number of unbranched alkanes of at least 4 members (excludes halogenated alkanes) is 2. The van der Waals surface area contributed by atoms with E-state index < -0.39 is 0 Å². The first kappa shape index (κ1) is 22.5. The van der Waals surface area contributed by atoms with Crippen LogP contribution in [0.15, 0.2) is 33.8 Å². The van der Waals surface area contributed by atoms with Gasteiger partial charge in [0.05, 0.1) is 7.11 Å². The molecule has 2 aromatic rings. The average molecular weight is 432 g/mol. The smallest absolute Gasteiger partial charge is 0.226 e. The number of thioether (sulfide) groups is 1. The maximum Gasteiger partial charge on any atom is 0.226 e. The van der Waals surface area contributed by atoms with Crippen LogP contribution in [0.1, 0.15) is 44.4 Å². The molecule has 2 N–H and O–H groups in total. The molecule has 1 aromatic heterocycles. The van der Waals surface area contributed by atoms with Crippen molar-refractivity contribution in [2.24, 2.45) is 4.99 Å². The van der Waals surface area contributed by atoms with E-state index >= 15 is 0 Å². The average Bonchev–Trinajstić information content (AvgIpc) is 3.44. The molecule has 30 heavy (non-hydrogen) atoms. The summed E-state index contributed by atoms with van der Waals surface area (Å²) < 4.78 is 10.6. The van der Waals surface area contributed by atoms with Crippen molar-refractivity contribution in [1.82, 2.24) is 20.8 Å². The molecule has 1 aromatic carbocycles. The summed E-state index contributed by atoms with van der Waals surface area (Å²) in [6, 6.07) is 8.22. The summed E-state index contributed by atoms with van der Waals surface area (Å²) in [6.07, 6.45) is 9.96. The van der Waals surface area contributed by atoms with Crippen molar-refractivity contribution in [1.29, 1.82) is 0 Å². The lowest BCUT2D eigenvalue weighted by Gasteiger charge is -2.17. The highest BCUT2D eigenvalue weighted by Gasteiger charge is 2.24. The largest absolute Gasteiger partial charge is 0.497 e. The summed E-state index contributed by atoms with van der Waals surface area (Å²) in [6.45, 7) is 0.916. The normalized spacial score (nSPS) is 19.1. The number of ether oxygens (including phenoxy) is 1. The minimum Gasteiger partial charge on any atom is -0.497 e. The third-order valence-electron chi connectivity index (χ3n) is 5.46. The number of methoxy groups -OCH3 is 1. The third-order valence-corrected chi connectivity index (χ3v) is 6.55. The van der Waals surface area contributed by atoms with Crippen LogP contribution < -0.4 is 15.4 Å². The van der Waals surface area contributed by atoms with Gasteiger partial charge in [0.1, 0.15) is 5.75 Å². The Kier molecular flexibility index (Phi) is 8.86. The number of aromatic nitrogens is 2. The summed E-state index contributed by atoms with van der Waals surface area (Å²) in [5.41, 5.74) is 0.931. The fraction of sp³-hybridized carbons (Fsp3) is 0.591. The van der Waals surface area contributed by atoms with Gasteiger partial charge in [-0.2, -0.15) is 16.7 Å². The molecular weight excluding hydrogens is 398 g/mol. The number of aryl methyl sites for hydroxylation is 1. The monoisotopic (exact) mass is 431 g/mol. The number of rotatable bonds is 10. The van der Waals surface area contributed by atoms with Crippen molar-refractivity contribution >= 4 is 17.7 Å². The Morgan fingerprint density at radius 3 is 2.77 bits per heavy atom. The van der Waals surface area contributed by atoms with E-state index in [0.717, 1.165) is 54.8 Å². The van der Waals surface area contributed by atoms with E-state index in [2.05, 4.69) is 32.0 Å². The van der Waals surface area contributed by atoms with Gasteiger partial charge in [0.2, 0.25) is 11.7 Å². The Bertz CT molecular complexity index is 793. The maximum atomic E-state index is 5.39. The number of benzene rings is 1. The molecule has 7 nitrogen and oxygen atoms in total. The van der Waals surface area contributed by atoms with Gasteiger partial charge in [0, 0.05) is 36.9 Å². The van der Waals surface area contributed by atoms with Gasteiger partial charge < -0.3 is 19.9 Å². The second kappa shape index (κ2) is 11.8. The first-order chi connectivity index (χ1) is 14.7. The lowest BCUT2D eigenvalue weighted by atomic mass is 10.2. The molecule has 1 heterocycles. The Labute approximate surface area is 183 Å². The first-order valence-corrected chi connectivity index (χ1v) is 12.0. The van der Waals surface area contributed by atoms with E-state index in [-0.39, 0.29) is 0 Å². The lowest BCUT2D eigenvalue weighted by molar-refractivity contribution is 0.374. The van der Waals surface area contributed by atoms with Gasteiger partial charge >= 0.3 is 0 Å². The molecule has 0 bridgehead atoms. The van der Waals surface area contributed by atoms with Crippen LogP contribution in [-0.4, -0.2) is 54.3 Å². The molecule has 8 heteroatoms. The highest BCUT2D eigenvalue weighted by atomic mass is 32.2. The molecule has 0 saturated heterocycles. The second-order valence-corrected chi connectivity index (χ2v) is 8.70. The number of nitrogens with zero attached hydrogens (tertiary/aromatic N) is 3. The predicted octanol–water partition coefficient (Wildman–Crippen LogP) is 3.91. The Hall–Kier alpha value is -2.22. The number of nitrogens with one attached hydrogen (secondary N) is 2. The molecule has 0 amide bonds. The molecule has 1 aliphatic carbocycles. The molecule has 2 atom stereocenters. The van der Waals surface area contributed by atoms with Crippen LogP contribution in [0, 0.1) is 0 Å². The topological polar surface area (TPSA) is 84.6 Å². The predicted molar refractivity (Wildman–Crippen MR) is 123 cm³/mol. The molecule has 0 radical (unpaired) electrons. The van der Waals surface area contributed by atoms with Crippen molar-refractivity contribution < 1.29 is 9.26 Å². The van der Waals surface area contributed by atoms with Crippen LogP contribution in [0.25, 0.3) is 11.4 Å². The molecule has 2 unspecified atom stereocenters. The van der Waals surface area contributed by atoms with Crippen LogP contribution in [-0.2, 0) is 6.42 Å². The molecule has 1 saturated carbocycles. The van der Waals surface area contributed by atoms with Crippen LogP contribution in [0.4, 0.5) is 0 Å². The number of hydrogen-bond acceptors (Lipinski definition) is 6. The van der Waals surface area contributed by atoms with E-state index in [1.54, 1.807) is 7.11 Å². The minimum atomic E-state index is 0.547. The molecule has 1 aliphatic rings. The lowest BCUT2D eigenvalue weighted by Crippen LogP contribution is -2.42. The summed E-state index contributed by atoms with van der Waals surface area (Å²) in [5, 5.41) is 11.9. The van der Waals surface area contributed by atoms with Crippen LogP contribution in [0.2, 0.25) is 0 Å². The zero-order valence-corrected chi connectivity index (χ0v) is 19.0. The van der Waals surface area contributed by atoms with Crippen LogP contribution in [0.3, 0.4) is 0 Å². The molecule has 164 valence electrons. The van der Waals surface area contributed by atoms with Crippen molar-refractivity contribution in [2.45, 2.75) is 56.2 Å². The van der Waals surface area contributed by atoms with Crippen molar-refractivity contribution in [2.75, 3.05) is 27.0 Å². The van der Waals surface area contributed by atoms with E-state index in [4.69, 9.17) is 9.26 Å². The summed E-state index contributed by atoms with van der Waals surface area (Å²) in [4.78, 5) is 8.86. The van der Waals surface area contributed by atoms with Gasteiger partial charge in [0.15, 0.2) is 5.96 Å². The fourth-order valence-corrected chi connectivity index (χ4v) is 4.47. The minimum absolute atomic E-state index is 0.547. The molecule has 0 spiro atoms. The standard InChI is InChI=1S/C22H33N5O2S/c1-23-22(25-17-10-13-19(15-17)30-3)24-14-6-4-5-7-20-26-21(27-29-20)16-8-11-18(28-2)12-9-16/h8-9,11-12,17,19H,4-7,10,13-15H2,1-3H3,(H2,23,24,25). The summed E-state index contributed by atoms with van der Waals surface area (Å²) >= 11 is 1.97. The molecule has 1 fully saturated rings. The van der Waals surface area contributed by atoms with Crippen LogP contribution in [0.5, 0.6) is 5.75 Å². The quantitative estimate of drug-likeness (QED) is 0.335. The van der Waals surface area contributed by atoms with E-state index in [0.29, 0.717) is 17.8 Å². The van der Waals surface area contributed by atoms with Gasteiger partial charge in [-0.15, -0.1) is 0 Å². The number of guanidine groups is 1. The number of aliphatic imine (C=N–C) groups is 1. The SMILES string of the molecule is CN=C(NCCCCCc1nc(-c2ccc(OC)cc2)no1)NC1CCC(SC)C1. The van der Waals surface area contributed by atoms with Gasteiger partial charge in [-0.25, -0.2) is 0 Å². The van der Waals surface area contributed by atoms with Crippen molar-refractivity contribution in [3.63, 3.8) is 0 Å². The van der Waals surface area contributed by atoms with Gasteiger partial charge in [-0.1, -0.05) is 11.6 Å². The molecular formula is C22H33N5O2S. The Morgan fingerprint density at radius 1 is 1.23 bits per heavy atom. The summed E-state index contributed by atoms with van der Waals surface area (Å²) in [7, 11) is 3.49. The maximum absolute atomic E-state index is 5.39. The van der Waals surface area contributed by atoms with Crippen molar-refractivity contribution in [3.05, 3.63) is 30.2 Å². The molecule has 3 rings (SSSR count). The van der Waals surface area contributed by atoms with Gasteiger partial charge in [-0.3, -0.25) is 4.99 Å². The Balaban J connectivity index is 1.31. The fourth-order valence-electron chi connectivity index (χ4n) is 3.67. The van der Waals surface area contributed by atoms with Crippen molar-refractivity contribution in [3.8, 4) is 17.1 Å². The third kappa shape index (κ3) is 6.65. The van der Waals surface area contributed by atoms with Gasteiger partial charge in [-0.05, 0) is 62.6 Å². The van der Waals surface area contributed by atoms with Gasteiger partial charge in [0.25, 0.3) is 0 Å². The number of hydrogen-bond donors (Lipinski definition) is 2. The summed E-state index contributed by atoms with van der Waals surface area (Å²) in [5.74, 6) is 3.05. The highest BCUT2D eigenvalue weighted by Crippen LogP contribution is 2.28. The molecule has 0 aliphatic heterocycles. The zero-order valence-electron chi connectivity index (χ0n) is 18.2. The van der Waals surface area contributed by atoms with Crippen LogP contribution >= 0.6 is 11.8 Å². The van der Waals surface area contributed by atoms with E-state index in [9.17, 15) is 0 Å². The van der Waals surface area contributed by atoms with E-state index in [1.165, 1.54) is 19.3 Å². The first-order valence-electron chi connectivity index (χ1n) is 10.7. The zero-order chi connectivity index (χ0) is 21.2. The Morgan fingerprint density at radius 2 is 2.07 bits per heavy atom. The van der Waals surface area contributed by atoms with E-state index in [1.807, 2.05) is 43.1 Å². The highest BCUT2D eigenvalue weighted by molar-refractivity contribution is 7.99. The second-order valence-electron chi connectivity index (χ2n) is 7.56.